The quantitative estimate of drug-likeness (QED) is 0.351. The minimum atomic E-state index is -0.715. The molecule has 3 aliphatic rings. The minimum absolute atomic E-state index is 0.0807. The molecule has 9 nitrogen and oxygen atoms in total. The molecule has 106 valence electrons. The fourth-order valence-corrected chi connectivity index (χ4v) is 2.71. The van der Waals surface area contributed by atoms with Crippen molar-refractivity contribution in [3.05, 3.63) is 0 Å². The van der Waals surface area contributed by atoms with Crippen LogP contribution in [0, 0.1) is 0 Å². The fraction of sp³-hybridized carbons (Fsp3) is 0.800. The van der Waals surface area contributed by atoms with Crippen LogP contribution >= 0.6 is 0 Å². The van der Waals surface area contributed by atoms with Gasteiger partial charge in [-0.25, -0.2) is 9.89 Å². The zero-order chi connectivity index (χ0) is 13.6. The summed E-state index contributed by atoms with van der Waals surface area (Å²) in [6, 6.07) is -0.471. The van der Waals surface area contributed by atoms with Gasteiger partial charge in [-0.2, -0.15) is 0 Å². The molecule has 0 bridgehead atoms. The van der Waals surface area contributed by atoms with Crippen LogP contribution in [0.5, 0.6) is 0 Å². The maximum absolute atomic E-state index is 11.7. The van der Waals surface area contributed by atoms with Crippen molar-refractivity contribution in [3.63, 3.8) is 0 Å². The van der Waals surface area contributed by atoms with E-state index >= 15 is 0 Å². The number of carbonyl (C=O) groups is 1. The molecule has 1 amide bonds. The largest absolute Gasteiger partial charge is 0.394 e. The Kier molecular flexibility index (Phi) is 3.15. The number of aliphatic hydroxyl groups is 2. The summed E-state index contributed by atoms with van der Waals surface area (Å²) in [6.07, 6.45) is -1.77. The highest BCUT2D eigenvalue weighted by molar-refractivity contribution is 6.01. The van der Waals surface area contributed by atoms with Crippen LogP contribution in [0.25, 0.3) is 0 Å². The van der Waals surface area contributed by atoms with E-state index in [0.29, 0.717) is 13.1 Å². The molecule has 3 rings (SSSR count). The predicted molar refractivity (Wildman–Crippen MR) is 63.6 cm³/mol. The normalized spacial score (nSPS) is 42.9. The van der Waals surface area contributed by atoms with Crippen molar-refractivity contribution < 1.29 is 19.7 Å². The van der Waals surface area contributed by atoms with Gasteiger partial charge in [-0.1, -0.05) is 0 Å². The van der Waals surface area contributed by atoms with Crippen LogP contribution < -0.4 is 16.4 Å². The number of amides is 1. The van der Waals surface area contributed by atoms with Gasteiger partial charge >= 0.3 is 0 Å². The smallest absolute Gasteiger partial charge is 0.247 e. The highest BCUT2D eigenvalue weighted by atomic mass is 16.5. The van der Waals surface area contributed by atoms with E-state index < -0.39 is 30.6 Å². The first kappa shape index (κ1) is 12.8. The number of hydrogen-bond acceptors (Lipinski definition) is 8. The van der Waals surface area contributed by atoms with Gasteiger partial charge in [0.05, 0.1) is 19.4 Å². The molecule has 0 radical (unpaired) electrons. The van der Waals surface area contributed by atoms with Crippen LogP contribution in [-0.2, 0) is 9.53 Å². The van der Waals surface area contributed by atoms with Crippen molar-refractivity contribution >= 4 is 11.9 Å². The van der Waals surface area contributed by atoms with E-state index in [1.807, 2.05) is 4.90 Å². The number of carbonyl (C=O) groups excluding carboxylic acids is 1. The molecule has 2 fully saturated rings. The molecule has 2 unspecified atom stereocenters. The number of nitrogens with one attached hydrogen (secondary N) is 2. The Bertz CT molecular complexity index is 417. The van der Waals surface area contributed by atoms with Crippen LogP contribution in [0.1, 0.15) is 6.42 Å². The molecule has 9 heteroatoms. The fourth-order valence-electron chi connectivity index (χ4n) is 2.71. The van der Waals surface area contributed by atoms with E-state index in [-0.39, 0.29) is 18.5 Å². The first-order valence-electron chi connectivity index (χ1n) is 6.18. The third-order valence-electron chi connectivity index (χ3n) is 3.69. The number of rotatable bonds is 2. The average molecular weight is 271 g/mol. The van der Waals surface area contributed by atoms with Gasteiger partial charge < -0.3 is 20.7 Å². The van der Waals surface area contributed by atoms with E-state index in [1.54, 1.807) is 0 Å². The summed E-state index contributed by atoms with van der Waals surface area (Å²) in [5, 5.41) is 24.3. The van der Waals surface area contributed by atoms with Crippen molar-refractivity contribution in [1.29, 1.82) is 0 Å². The van der Waals surface area contributed by atoms with E-state index in [2.05, 4.69) is 15.6 Å². The first-order valence-corrected chi connectivity index (χ1v) is 6.18. The summed E-state index contributed by atoms with van der Waals surface area (Å²) in [6.45, 7) is 0.175. The van der Waals surface area contributed by atoms with Gasteiger partial charge in [-0.05, 0) is 0 Å². The molecule has 0 aliphatic carbocycles. The Morgan fingerprint density at radius 2 is 2.37 bits per heavy atom. The molecule has 0 spiro atoms. The summed E-state index contributed by atoms with van der Waals surface area (Å²) in [4.78, 5) is 17.8. The van der Waals surface area contributed by atoms with Crippen LogP contribution in [-0.4, -0.2) is 70.9 Å². The summed E-state index contributed by atoms with van der Waals surface area (Å²) < 4.78 is 5.57. The van der Waals surface area contributed by atoms with Crippen LogP contribution in [0.15, 0.2) is 4.99 Å². The van der Waals surface area contributed by atoms with Gasteiger partial charge in [0.25, 0.3) is 0 Å². The third-order valence-corrected chi connectivity index (χ3v) is 3.69. The molecule has 6 N–H and O–H groups in total. The lowest BCUT2D eigenvalue weighted by atomic mass is 10.1. The van der Waals surface area contributed by atoms with Crippen LogP contribution in [0.3, 0.4) is 0 Å². The molecular weight excluding hydrogens is 254 g/mol. The van der Waals surface area contributed by atoms with Crippen LogP contribution in [0.4, 0.5) is 0 Å². The highest BCUT2D eigenvalue weighted by Gasteiger charge is 2.47. The number of fused-ring (bicyclic) bond motifs is 1. The summed E-state index contributed by atoms with van der Waals surface area (Å²) >= 11 is 0. The number of ether oxygens (including phenoxy) is 1. The van der Waals surface area contributed by atoms with Gasteiger partial charge in [0.15, 0.2) is 5.96 Å². The molecule has 3 aliphatic heterocycles. The summed E-state index contributed by atoms with van der Waals surface area (Å²) in [7, 11) is 0. The second kappa shape index (κ2) is 4.69. The topological polar surface area (TPSA) is 132 Å². The predicted octanol–water partition coefficient (Wildman–Crippen LogP) is -3.54. The molecular formula is C10H17N5O4. The van der Waals surface area contributed by atoms with Crippen molar-refractivity contribution in [3.8, 4) is 0 Å². The average Bonchev–Trinajstić information content (AvgIpc) is 2.92. The number of nitrogens with two attached hydrogens (primary N) is 1. The van der Waals surface area contributed by atoms with Crippen LogP contribution in [0.2, 0.25) is 0 Å². The van der Waals surface area contributed by atoms with E-state index in [4.69, 9.17) is 15.6 Å². The summed E-state index contributed by atoms with van der Waals surface area (Å²) in [5.74, 6) is -0.144. The number of aliphatic hydroxyl groups excluding tert-OH is 2. The van der Waals surface area contributed by atoms with Gasteiger partial charge in [0, 0.05) is 6.42 Å². The molecule has 5 atom stereocenters. The molecule has 0 aromatic heterocycles. The van der Waals surface area contributed by atoms with Gasteiger partial charge in [-0.15, -0.1) is 0 Å². The maximum atomic E-state index is 11.7. The Balaban J connectivity index is 1.76. The van der Waals surface area contributed by atoms with Crippen molar-refractivity contribution in [2.45, 2.75) is 37.1 Å². The second-order valence-corrected chi connectivity index (χ2v) is 4.89. The zero-order valence-corrected chi connectivity index (χ0v) is 10.2. The van der Waals surface area contributed by atoms with E-state index in [9.17, 15) is 9.90 Å². The Hall–Kier alpha value is -1.26. The number of hydrogen-bond donors (Lipinski definition) is 5. The monoisotopic (exact) mass is 271 g/mol. The Morgan fingerprint density at radius 3 is 3.05 bits per heavy atom. The minimum Gasteiger partial charge on any atom is -0.394 e. The molecule has 0 saturated carbocycles. The SMILES string of the molecule is NC1=NC2C(NCN2[C@H]2C[C@H](O)[C@@H](CO)O2)C(=O)N1. The number of guanidine groups is 1. The first-order chi connectivity index (χ1) is 9.10. The van der Waals surface area contributed by atoms with E-state index in [1.165, 1.54) is 0 Å². The Morgan fingerprint density at radius 1 is 1.58 bits per heavy atom. The standard InChI is InChI=1S/C10H17N5O4/c11-10-13-8-7(9(18)14-10)12-3-15(8)6-1-4(17)5(2-16)19-6/h4-8,12,16-17H,1-3H2,(H3,11,13,14,18)/t4-,5+,6+,7?,8?/m0/s1. The lowest BCUT2D eigenvalue weighted by Gasteiger charge is -2.30. The molecule has 0 aromatic carbocycles. The second-order valence-electron chi connectivity index (χ2n) is 4.89. The molecule has 2 saturated heterocycles. The van der Waals surface area contributed by atoms with Crippen molar-refractivity contribution in [1.82, 2.24) is 15.5 Å². The lowest BCUT2D eigenvalue weighted by molar-refractivity contribution is -0.123. The number of aliphatic imine (C=N–C) groups is 1. The maximum Gasteiger partial charge on any atom is 0.247 e. The summed E-state index contributed by atoms with van der Waals surface area (Å²) in [5.41, 5.74) is 5.56. The number of nitrogens with zero attached hydrogens (tertiary/aromatic N) is 2. The molecule has 19 heavy (non-hydrogen) atoms. The van der Waals surface area contributed by atoms with Gasteiger partial charge in [-0.3, -0.25) is 15.4 Å². The van der Waals surface area contributed by atoms with Crippen molar-refractivity contribution in [2.75, 3.05) is 13.3 Å². The van der Waals surface area contributed by atoms with Crippen molar-refractivity contribution in [2.24, 2.45) is 10.7 Å². The zero-order valence-electron chi connectivity index (χ0n) is 10.2. The third kappa shape index (κ3) is 2.09. The lowest BCUT2D eigenvalue weighted by Crippen LogP contribution is -2.56. The highest BCUT2D eigenvalue weighted by Crippen LogP contribution is 2.28. The van der Waals surface area contributed by atoms with Gasteiger partial charge in [0.2, 0.25) is 5.91 Å². The Labute approximate surface area is 109 Å². The van der Waals surface area contributed by atoms with E-state index in [0.717, 1.165) is 0 Å². The molecule has 3 heterocycles. The van der Waals surface area contributed by atoms with Gasteiger partial charge in [0.1, 0.15) is 24.5 Å². The molecule has 0 aromatic rings.